The molecular weight excluding hydrogens is 421 g/mol. The largest absolute Gasteiger partial charge is 0.473 e. The highest BCUT2D eigenvalue weighted by atomic mass is 79.9. The van der Waals surface area contributed by atoms with E-state index in [-0.39, 0.29) is 5.70 Å². The van der Waals surface area contributed by atoms with Gasteiger partial charge in [0.1, 0.15) is 11.6 Å². The van der Waals surface area contributed by atoms with E-state index in [1.54, 1.807) is 12.1 Å². The molecule has 3 rings (SSSR count). The van der Waals surface area contributed by atoms with Crippen LogP contribution in [0.15, 0.2) is 51.0 Å². The lowest BCUT2D eigenvalue weighted by Gasteiger charge is -2.23. The number of nitro groups is 1. The summed E-state index contributed by atoms with van der Waals surface area (Å²) in [6, 6.07) is 9.00. The maximum Gasteiger partial charge on any atom is 0.291 e. The van der Waals surface area contributed by atoms with Gasteiger partial charge in [-0.05, 0) is 40.2 Å². The van der Waals surface area contributed by atoms with Gasteiger partial charge >= 0.3 is 0 Å². The van der Waals surface area contributed by atoms with E-state index in [0.717, 1.165) is 4.47 Å². The summed E-state index contributed by atoms with van der Waals surface area (Å²) in [4.78, 5) is 10.9. The average Bonchev–Trinajstić information content (AvgIpc) is 2.47. The van der Waals surface area contributed by atoms with E-state index in [1.165, 1.54) is 30.3 Å². The zero-order valence-corrected chi connectivity index (χ0v) is 14.1. The number of halogens is 3. The Balaban J connectivity index is 2.13. The second-order valence-electron chi connectivity index (χ2n) is 4.68. The standard InChI is InChI=1S/C15H8Br2FNO3/c16-10-5-9-6-13(19(20)21)15(22-14(9)12(17)7-10)8-1-3-11(18)4-2-8/h1-7,15H. The van der Waals surface area contributed by atoms with Gasteiger partial charge in [-0.3, -0.25) is 10.1 Å². The van der Waals surface area contributed by atoms with Crippen molar-refractivity contribution in [1.82, 2.24) is 0 Å². The van der Waals surface area contributed by atoms with Crippen LogP contribution in [0, 0.1) is 15.9 Å². The van der Waals surface area contributed by atoms with Crippen LogP contribution in [-0.4, -0.2) is 4.92 Å². The fourth-order valence-electron chi connectivity index (χ4n) is 2.25. The Morgan fingerprint density at radius 3 is 2.50 bits per heavy atom. The van der Waals surface area contributed by atoms with E-state index < -0.39 is 16.8 Å². The SMILES string of the molecule is O=[N+]([O-])C1=Cc2cc(Br)cc(Br)c2OC1c1ccc(F)cc1. The molecule has 4 nitrogen and oxygen atoms in total. The maximum absolute atomic E-state index is 13.1. The Morgan fingerprint density at radius 2 is 1.86 bits per heavy atom. The second-order valence-corrected chi connectivity index (χ2v) is 6.45. The van der Waals surface area contributed by atoms with E-state index in [9.17, 15) is 14.5 Å². The molecular formula is C15H8Br2FNO3. The fourth-order valence-corrected chi connectivity index (χ4v) is 3.60. The van der Waals surface area contributed by atoms with Crippen molar-refractivity contribution < 1.29 is 14.1 Å². The molecule has 0 amide bonds. The first kappa shape index (κ1) is 15.2. The van der Waals surface area contributed by atoms with E-state index in [2.05, 4.69) is 31.9 Å². The normalized spacial score (nSPS) is 16.5. The summed E-state index contributed by atoms with van der Waals surface area (Å²) >= 11 is 6.73. The molecule has 1 aliphatic rings. The number of hydrogen-bond donors (Lipinski definition) is 0. The van der Waals surface area contributed by atoms with Gasteiger partial charge in [0.15, 0.2) is 0 Å². The van der Waals surface area contributed by atoms with E-state index in [0.29, 0.717) is 21.3 Å². The summed E-state index contributed by atoms with van der Waals surface area (Å²) < 4.78 is 20.3. The first-order valence-corrected chi connectivity index (χ1v) is 7.81. The van der Waals surface area contributed by atoms with Crippen molar-refractivity contribution in [3.63, 3.8) is 0 Å². The average molecular weight is 429 g/mol. The molecule has 7 heteroatoms. The summed E-state index contributed by atoms with van der Waals surface area (Å²) in [5, 5.41) is 11.3. The zero-order valence-electron chi connectivity index (χ0n) is 10.9. The van der Waals surface area contributed by atoms with Gasteiger partial charge in [-0.1, -0.05) is 28.1 Å². The minimum atomic E-state index is -0.888. The molecule has 0 fully saturated rings. The summed E-state index contributed by atoms with van der Waals surface area (Å²) in [6.45, 7) is 0. The molecule has 1 heterocycles. The fraction of sp³-hybridized carbons (Fsp3) is 0.0667. The number of ether oxygens (including phenoxy) is 1. The van der Waals surface area contributed by atoms with Crippen LogP contribution < -0.4 is 4.74 Å². The smallest absolute Gasteiger partial charge is 0.291 e. The molecule has 0 aromatic heterocycles. The lowest BCUT2D eigenvalue weighted by Crippen LogP contribution is -2.20. The van der Waals surface area contributed by atoms with Gasteiger partial charge < -0.3 is 4.74 Å². The van der Waals surface area contributed by atoms with Crippen molar-refractivity contribution in [2.75, 3.05) is 0 Å². The van der Waals surface area contributed by atoms with Crippen LogP contribution in [0.4, 0.5) is 4.39 Å². The number of fused-ring (bicyclic) bond motifs is 1. The molecule has 0 saturated carbocycles. The van der Waals surface area contributed by atoms with Crippen LogP contribution in [0.2, 0.25) is 0 Å². The van der Waals surface area contributed by atoms with E-state index in [4.69, 9.17) is 4.74 Å². The third-order valence-electron chi connectivity index (χ3n) is 3.23. The van der Waals surface area contributed by atoms with Crippen molar-refractivity contribution in [3.05, 3.63) is 78.1 Å². The minimum Gasteiger partial charge on any atom is -0.473 e. The Morgan fingerprint density at radius 1 is 1.18 bits per heavy atom. The van der Waals surface area contributed by atoms with Crippen molar-refractivity contribution >= 4 is 37.9 Å². The summed E-state index contributed by atoms with van der Waals surface area (Å²) in [6.07, 6.45) is 0.586. The van der Waals surface area contributed by atoms with Crippen LogP contribution in [0.5, 0.6) is 5.75 Å². The van der Waals surface area contributed by atoms with Crippen LogP contribution in [-0.2, 0) is 0 Å². The third kappa shape index (κ3) is 2.78. The lowest BCUT2D eigenvalue weighted by molar-refractivity contribution is -0.434. The van der Waals surface area contributed by atoms with Gasteiger partial charge in [-0.15, -0.1) is 0 Å². The lowest BCUT2D eigenvalue weighted by atomic mass is 10.0. The monoisotopic (exact) mass is 427 g/mol. The first-order valence-electron chi connectivity index (χ1n) is 6.23. The predicted octanol–water partition coefficient (Wildman–Crippen LogP) is 5.10. The Hall–Kier alpha value is -1.73. The number of nitrogens with zero attached hydrogens (tertiary/aromatic N) is 1. The summed E-state index contributed by atoms with van der Waals surface area (Å²) in [5.74, 6) is 0.111. The molecule has 1 aliphatic heterocycles. The highest BCUT2D eigenvalue weighted by Gasteiger charge is 2.34. The van der Waals surface area contributed by atoms with E-state index in [1.807, 2.05) is 0 Å². The molecule has 0 bridgehead atoms. The zero-order chi connectivity index (χ0) is 15.9. The molecule has 22 heavy (non-hydrogen) atoms. The molecule has 1 unspecified atom stereocenters. The minimum absolute atomic E-state index is 0.0934. The first-order chi connectivity index (χ1) is 10.5. The van der Waals surface area contributed by atoms with Crippen molar-refractivity contribution in [1.29, 1.82) is 0 Å². The Kier molecular flexibility index (Phi) is 4.01. The van der Waals surface area contributed by atoms with Gasteiger partial charge in [0.2, 0.25) is 6.10 Å². The van der Waals surface area contributed by atoms with Crippen LogP contribution in [0.25, 0.3) is 6.08 Å². The molecule has 0 N–H and O–H groups in total. The Bertz CT molecular complexity index is 790. The number of benzene rings is 2. The molecule has 0 radical (unpaired) electrons. The highest BCUT2D eigenvalue weighted by Crippen LogP contribution is 2.43. The van der Waals surface area contributed by atoms with Gasteiger partial charge in [0.05, 0.1) is 9.40 Å². The van der Waals surface area contributed by atoms with Gasteiger partial charge in [-0.2, -0.15) is 0 Å². The second kappa shape index (κ2) is 5.81. The number of rotatable bonds is 2. The van der Waals surface area contributed by atoms with Crippen molar-refractivity contribution in [2.24, 2.45) is 0 Å². The number of hydrogen-bond acceptors (Lipinski definition) is 3. The molecule has 2 aromatic rings. The highest BCUT2D eigenvalue weighted by molar-refractivity contribution is 9.11. The molecule has 0 aliphatic carbocycles. The van der Waals surface area contributed by atoms with Crippen molar-refractivity contribution in [2.45, 2.75) is 6.10 Å². The maximum atomic E-state index is 13.1. The van der Waals surface area contributed by atoms with Crippen LogP contribution in [0.3, 0.4) is 0 Å². The van der Waals surface area contributed by atoms with Gasteiger partial charge in [-0.25, -0.2) is 4.39 Å². The predicted molar refractivity (Wildman–Crippen MR) is 86.6 cm³/mol. The van der Waals surface area contributed by atoms with E-state index >= 15 is 0 Å². The third-order valence-corrected chi connectivity index (χ3v) is 4.28. The summed E-state index contributed by atoms with van der Waals surface area (Å²) in [5.41, 5.74) is 1.03. The molecule has 0 spiro atoms. The molecule has 112 valence electrons. The molecule has 1 atom stereocenters. The molecule has 0 saturated heterocycles. The van der Waals surface area contributed by atoms with Gasteiger partial charge in [0, 0.05) is 21.7 Å². The van der Waals surface area contributed by atoms with Crippen LogP contribution in [0.1, 0.15) is 17.2 Å². The van der Waals surface area contributed by atoms with Crippen LogP contribution >= 0.6 is 31.9 Å². The Labute approximate surface area is 142 Å². The van der Waals surface area contributed by atoms with Crippen molar-refractivity contribution in [3.8, 4) is 5.75 Å². The topological polar surface area (TPSA) is 52.4 Å². The molecule has 2 aromatic carbocycles. The summed E-state index contributed by atoms with van der Waals surface area (Å²) in [7, 11) is 0. The quantitative estimate of drug-likeness (QED) is 0.493. The van der Waals surface area contributed by atoms with Gasteiger partial charge in [0.25, 0.3) is 5.70 Å².